The Morgan fingerprint density at radius 2 is 1.89 bits per heavy atom. The first-order valence-electron chi connectivity index (χ1n) is 8.95. The first-order chi connectivity index (χ1) is 13.3. The molecule has 0 aliphatic carbocycles. The minimum Gasteiger partial charge on any atom is -0.497 e. The minimum atomic E-state index is 0.469. The van der Waals surface area contributed by atoms with Crippen LogP contribution in [0.25, 0.3) is 21.8 Å². The van der Waals surface area contributed by atoms with Gasteiger partial charge >= 0.3 is 0 Å². The molecular weight excluding hydrogens is 336 g/mol. The molecule has 0 spiro atoms. The van der Waals surface area contributed by atoms with Gasteiger partial charge in [-0.3, -0.25) is 4.98 Å². The summed E-state index contributed by atoms with van der Waals surface area (Å²) in [5.41, 5.74) is 4.07. The molecule has 5 nitrogen and oxygen atoms in total. The van der Waals surface area contributed by atoms with Crippen molar-refractivity contribution in [1.82, 2.24) is 9.97 Å². The molecule has 0 unspecified atom stereocenters. The van der Waals surface area contributed by atoms with Crippen molar-refractivity contribution in [3.63, 3.8) is 0 Å². The fourth-order valence-electron chi connectivity index (χ4n) is 3.13. The molecule has 0 radical (unpaired) electrons. The average molecular weight is 356 g/mol. The molecule has 2 aromatic heterocycles. The number of rotatable bonds is 5. The van der Waals surface area contributed by atoms with Crippen LogP contribution in [0.15, 0.2) is 71.0 Å². The van der Waals surface area contributed by atoms with Crippen LogP contribution in [0.2, 0.25) is 0 Å². The number of pyridine rings is 2. The second kappa shape index (κ2) is 7.50. The van der Waals surface area contributed by atoms with Gasteiger partial charge in [-0.25, -0.2) is 4.98 Å². The van der Waals surface area contributed by atoms with Crippen LogP contribution in [0.4, 0.5) is 5.82 Å². The smallest absolute Gasteiger partial charge is 0.174 e. The zero-order chi connectivity index (χ0) is 18.6. The lowest BCUT2D eigenvalue weighted by atomic mass is 10.1. The highest BCUT2D eigenvalue weighted by Crippen LogP contribution is 2.26. The molecule has 0 aliphatic rings. The fourth-order valence-corrected chi connectivity index (χ4v) is 3.13. The maximum Gasteiger partial charge on any atom is 0.174 e. The van der Waals surface area contributed by atoms with E-state index < -0.39 is 0 Å². The number of aryl methyl sites for hydroxylation is 1. The molecule has 0 N–H and O–H groups in total. The number of methoxy groups -OCH3 is 1. The molecule has 2 aromatic carbocycles. The van der Waals surface area contributed by atoms with E-state index in [2.05, 4.69) is 39.3 Å². The van der Waals surface area contributed by atoms with Crippen molar-refractivity contribution in [1.29, 1.82) is 0 Å². The normalized spacial score (nSPS) is 11.5. The maximum absolute atomic E-state index is 5.31. The SMILES string of the molecule is CCc1cc(N=NCc2cnc3ccccc3c2)nc2cc(OC)ccc12. The molecule has 0 atom stereocenters. The molecule has 0 saturated carbocycles. The molecule has 134 valence electrons. The first-order valence-corrected chi connectivity index (χ1v) is 8.95. The van der Waals surface area contributed by atoms with Gasteiger partial charge in [0.05, 0.1) is 24.7 Å². The van der Waals surface area contributed by atoms with E-state index in [4.69, 9.17) is 4.74 Å². The van der Waals surface area contributed by atoms with E-state index >= 15 is 0 Å². The Balaban J connectivity index is 1.61. The number of para-hydroxylation sites is 1. The first kappa shape index (κ1) is 17.1. The molecule has 27 heavy (non-hydrogen) atoms. The summed E-state index contributed by atoms with van der Waals surface area (Å²) in [6, 6.07) is 18.1. The summed E-state index contributed by atoms with van der Waals surface area (Å²) < 4.78 is 5.31. The van der Waals surface area contributed by atoms with Gasteiger partial charge < -0.3 is 4.74 Å². The minimum absolute atomic E-state index is 0.469. The quantitative estimate of drug-likeness (QED) is 0.435. The third-order valence-electron chi connectivity index (χ3n) is 4.54. The highest BCUT2D eigenvalue weighted by atomic mass is 16.5. The second-order valence-electron chi connectivity index (χ2n) is 6.31. The van der Waals surface area contributed by atoms with Gasteiger partial charge in [0.25, 0.3) is 0 Å². The Morgan fingerprint density at radius 1 is 1.00 bits per heavy atom. The highest BCUT2D eigenvalue weighted by molar-refractivity contribution is 5.85. The lowest BCUT2D eigenvalue weighted by Gasteiger charge is -2.07. The molecule has 0 bridgehead atoms. The Morgan fingerprint density at radius 3 is 2.74 bits per heavy atom. The van der Waals surface area contributed by atoms with Crippen molar-refractivity contribution in [2.24, 2.45) is 10.2 Å². The molecule has 0 aliphatic heterocycles. The molecule has 2 heterocycles. The van der Waals surface area contributed by atoms with Crippen LogP contribution < -0.4 is 4.74 Å². The average Bonchev–Trinajstić information content (AvgIpc) is 2.72. The summed E-state index contributed by atoms with van der Waals surface area (Å²) in [6.45, 7) is 2.60. The van der Waals surface area contributed by atoms with Crippen molar-refractivity contribution in [3.05, 3.63) is 71.9 Å². The standard InChI is InChI=1S/C22H20N4O/c1-3-16-11-22(25-21-12-18(27-2)8-9-19(16)21)26-24-14-15-10-17-6-4-5-7-20(17)23-13-15/h4-13H,3,14H2,1-2H3. The van der Waals surface area contributed by atoms with Gasteiger partial charge in [0.2, 0.25) is 0 Å². The third-order valence-corrected chi connectivity index (χ3v) is 4.54. The predicted octanol–water partition coefficient (Wildman–Crippen LogP) is 5.64. The highest BCUT2D eigenvalue weighted by Gasteiger charge is 2.06. The van der Waals surface area contributed by atoms with Gasteiger partial charge in [-0.15, -0.1) is 5.11 Å². The summed E-state index contributed by atoms with van der Waals surface area (Å²) in [6.07, 6.45) is 2.75. The van der Waals surface area contributed by atoms with Crippen molar-refractivity contribution < 1.29 is 4.74 Å². The van der Waals surface area contributed by atoms with E-state index in [-0.39, 0.29) is 0 Å². The predicted molar refractivity (Wildman–Crippen MR) is 108 cm³/mol. The molecule has 4 aromatic rings. The lowest BCUT2D eigenvalue weighted by molar-refractivity contribution is 0.415. The zero-order valence-corrected chi connectivity index (χ0v) is 15.4. The van der Waals surface area contributed by atoms with Crippen LogP contribution in [0.3, 0.4) is 0 Å². The Kier molecular flexibility index (Phi) is 4.75. The van der Waals surface area contributed by atoms with Crippen LogP contribution in [0.5, 0.6) is 5.75 Å². The molecule has 5 heteroatoms. The molecular formula is C22H20N4O. The number of nitrogens with zero attached hydrogens (tertiary/aromatic N) is 4. The molecule has 0 amide bonds. The van der Waals surface area contributed by atoms with Crippen molar-refractivity contribution in [2.75, 3.05) is 7.11 Å². The third kappa shape index (κ3) is 3.62. The summed E-state index contributed by atoms with van der Waals surface area (Å²) in [5, 5.41) is 10.9. The van der Waals surface area contributed by atoms with E-state index in [9.17, 15) is 0 Å². The van der Waals surface area contributed by atoms with Crippen LogP contribution in [0.1, 0.15) is 18.1 Å². The number of aromatic nitrogens is 2. The largest absolute Gasteiger partial charge is 0.497 e. The van der Waals surface area contributed by atoms with E-state index in [1.54, 1.807) is 7.11 Å². The number of fused-ring (bicyclic) bond motifs is 2. The summed E-state index contributed by atoms with van der Waals surface area (Å²) in [7, 11) is 1.66. The summed E-state index contributed by atoms with van der Waals surface area (Å²) >= 11 is 0. The van der Waals surface area contributed by atoms with Gasteiger partial charge in [0, 0.05) is 23.0 Å². The van der Waals surface area contributed by atoms with Gasteiger partial charge in [0.15, 0.2) is 5.82 Å². The Hall–Kier alpha value is -3.34. The van der Waals surface area contributed by atoms with Crippen molar-refractivity contribution in [3.8, 4) is 5.75 Å². The maximum atomic E-state index is 5.31. The summed E-state index contributed by atoms with van der Waals surface area (Å²) in [4.78, 5) is 9.08. The van der Waals surface area contributed by atoms with Crippen molar-refractivity contribution in [2.45, 2.75) is 19.9 Å². The van der Waals surface area contributed by atoms with Crippen molar-refractivity contribution >= 4 is 27.6 Å². The van der Waals surface area contributed by atoms with Crippen LogP contribution in [-0.2, 0) is 13.0 Å². The number of ether oxygens (including phenoxy) is 1. The molecule has 0 saturated heterocycles. The van der Waals surface area contributed by atoms with Crippen LogP contribution in [-0.4, -0.2) is 17.1 Å². The monoisotopic (exact) mass is 356 g/mol. The number of azo groups is 1. The molecule has 4 rings (SSSR count). The second-order valence-corrected chi connectivity index (χ2v) is 6.31. The van der Waals surface area contributed by atoms with E-state index in [0.29, 0.717) is 12.4 Å². The lowest BCUT2D eigenvalue weighted by Crippen LogP contribution is -1.90. The van der Waals surface area contributed by atoms with Crippen LogP contribution in [0, 0.1) is 0 Å². The Labute approximate surface area is 157 Å². The van der Waals surface area contributed by atoms with Crippen LogP contribution >= 0.6 is 0 Å². The van der Waals surface area contributed by atoms with E-state index in [1.165, 1.54) is 5.56 Å². The number of benzene rings is 2. The van der Waals surface area contributed by atoms with E-state index in [0.717, 1.165) is 39.5 Å². The topological polar surface area (TPSA) is 59.7 Å². The zero-order valence-electron chi connectivity index (χ0n) is 15.4. The molecule has 0 fully saturated rings. The number of hydrogen-bond acceptors (Lipinski definition) is 5. The number of hydrogen-bond donors (Lipinski definition) is 0. The van der Waals surface area contributed by atoms with Gasteiger partial charge in [-0.05, 0) is 47.9 Å². The van der Waals surface area contributed by atoms with E-state index in [1.807, 2.05) is 48.7 Å². The van der Waals surface area contributed by atoms with Gasteiger partial charge in [-0.2, -0.15) is 5.11 Å². The Bertz CT molecular complexity index is 1140. The van der Waals surface area contributed by atoms with Gasteiger partial charge in [-0.1, -0.05) is 25.1 Å². The van der Waals surface area contributed by atoms with Gasteiger partial charge in [0.1, 0.15) is 5.75 Å². The fraction of sp³-hybridized carbons (Fsp3) is 0.182. The summed E-state index contributed by atoms with van der Waals surface area (Å²) in [5.74, 6) is 1.40.